The number of esters is 1. The van der Waals surface area contributed by atoms with Gasteiger partial charge in [0, 0.05) is 26.3 Å². The minimum Gasteiger partial charge on any atom is -0.465 e. The van der Waals surface area contributed by atoms with E-state index in [9.17, 15) is 14.9 Å². The highest BCUT2D eigenvalue weighted by molar-refractivity contribution is 5.91. The fourth-order valence-electron chi connectivity index (χ4n) is 1.83. The second-order valence-corrected chi connectivity index (χ2v) is 4.02. The van der Waals surface area contributed by atoms with Crippen LogP contribution in [0.15, 0.2) is 18.2 Å². The zero-order valence-corrected chi connectivity index (χ0v) is 11.8. The first-order valence-electron chi connectivity index (χ1n) is 6.15. The monoisotopic (exact) mass is 282 g/mol. The van der Waals surface area contributed by atoms with Crippen LogP contribution in [0.4, 0.5) is 11.4 Å². The van der Waals surface area contributed by atoms with Crippen molar-refractivity contribution in [1.29, 1.82) is 0 Å². The maximum absolute atomic E-state index is 11.5. The van der Waals surface area contributed by atoms with Gasteiger partial charge in [-0.15, -0.1) is 0 Å². The molecule has 0 aliphatic rings. The topological polar surface area (TPSA) is 81.9 Å². The molecule has 0 fully saturated rings. The molecule has 0 saturated heterocycles. The van der Waals surface area contributed by atoms with Gasteiger partial charge >= 0.3 is 5.97 Å². The van der Waals surface area contributed by atoms with Gasteiger partial charge in [-0.2, -0.15) is 0 Å². The van der Waals surface area contributed by atoms with E-state index in [0.29, 0.717) is 25.4 Å². The molecule has 0 amide bonds. The van der Waals surface area contributed by atoms with Crippen molar-refractivity contribution < 1.29 is 19.2 Å². The Kier molecular flexibility index (Phi) is 5.92. The molecule has 0 bridgehead atoms. The molecule has 20 heavy (non-hydrogen) atoms. The van der Waals surface area contributed by atoms with E-state index >= 15 is 0 Å². The maximum atomic E-state index is 11.5. The lowest BCUT2D eigenvalue weighted by atomic mass is 10.1. The summed E-state index contributed by atoms with van der Waals surface area (Å²) >= 11 is 0. The number of nitro benzene ring substituents is 1. The van der Waals surface area contributed by atoms with Gasteiger partial charge in [0.05, 0.1) is 24.2 Å². The first kappa shape index (κ1) is 15.9. The summed E-state index contributed by atoms with van der Waals surface area (Å²) in [5.41, 5.74) is 0.622. The number of methoxy groups -OCH3 is 2. The van der Waals surface area contributed by atoms with Crippen molar-refractivity contribution in [3.63, 3.8) is 0 Å². The Morgan fingerprint density at radius 1 is 1.40 bits per heavy atom. The molecule has 110 valence electrons. The zero-order valence-electron chi connectivity index (χ0n) is 11.8. The van der Waals surface area contributed by atoms with Gasteiger partial charge in [0.25, 0.3) is 5.69 Å². The molecule has 0 aliphatic heterocycles. The van der Waals surface area contributed by atoms with Gasteiger partial charge in [0.15, 0.2) is 0 Å². The quantitative estimate of drug-likeness (QED) is 0.431. The number of benzene rings is 1. The standard InChI is InChI=1S/C13H18N2O5/c1-4-14(7-8-19-2)12-9-10(13(16)20-3)5-6-11(12)15(17)18/h5-6,9H,4,7-8H2,1-3H3. The van der Waals surface area contributed by atoms with Crippen molar-refractivity contribution in [2.75, 3.05) is 38.8 Å². The van der Waals surface area contributed by atoms with Crippen LogP contribution < -0.4 is 4.90 Å². The van der Waals surface area contributed by atoms with Crippen molar-refractivity contribution in [2.45, 2.75) is 6.92 Å². The Balaban J connectivity index is 3.22. The van der Waals surface area contributed by atoms with E-state index in [0.717, 1.165) is 0 Å². The normalized spacial score (nSPS) is 10.2. The predicted molar refractivity (Wildman–Crippen MR) is 74.2 cm³/mol. The number of ether oxygens (including phenoxy) is 2. The van der Waals surface area contributed by atoms with Crippen LogP contribution in [-0.4, -0.2) is 44.8 Å². The number of hydrogen-bond acceptors (Lipinski definition) is 6. The summed E-state index contributed by atoms with van der Waals surface area (Å²) in [6.07, 6.45) is 0. The van der Waals surface area contributed by atoms with Crippen LogP contribution in [0.3, 0.4) is 0 Å². The Hall–Kier alpha value is -2.15. The summed E-state index contributed by atoms with van der Waals surface area (Å²) in [6.45, 7) is 3.38. The molecule has 1 rings (SSSR count). The molecule has 1 aromatic rings. The fourth-order valence-corrected chi connectivity index (χ4v) is 1.83. The smallest absolute Gasteiger partial charge is 0.337 e. The van der Waals surface area contributed by atoms with Gasteiger partial charge in [-0.1, -0.05) is 0 Å². The van der Waals surface area contributed by atoms with E-state index in [-0.39, 0.29) is 11.3 Å². The summed E-state index contributed by atoms with van der Waals surface area (Å²) in [4.78, 5) is 24.0. The molecule has 0 unspecified atom stereocenters. The lowest BCUT2D eigenvalue weighted by molar-refractivity contribution is -0.384. The van der Waals surface area contributed by atoms with Crippen LogP contribution in [0.25, 0.3) is 0 Å². The van der Waals surface area contributed by atoms with Crippen molar-refractivity contribution in [3.05, 3.63) is 33.9 Å². The third kappa shape index (κ3) is 3.67. The summed E-state index contributed by atoms with van der Waals surface area (Å²) < 4.78 is 9.63. The highest BCUT2D eigenvalue weighted by Crippen LogP contribution is 2.29. The molecular weight excluding hydrogens is 264 g/mol. The molecule has 1 aromatic carbocycles. The van der Waals surface area contributed by atoms with Crippen LogP contribution in [-0.2, 0) is 9.47 Å². The van der Waals surface area contributed by atoms with E-state index in [1.54, 1.807) is 12.0 Å². The van der Waals surface area contributed by atoms with E-state index in [2.05, 4.69) is 4.74 Å². The van der Waals surface area contributed by atoms with Gasteiger partial charge in [-0.25, -0.2) is 4.79 Å². The van der Waals surface area contributed by atoms with E-state index in [1.165, 1.54) is 25.3 Å². The second kappa shape index (κ2) is 7.44. The molecule has 0 aromatic heterocycles. The number of carbonyl (C=O) groups is 1. The number of nitro groups is 1. The van der Waals surface area contributed by atoms with Crippen LogP contribution >= 0.6 is 0 Å². The van der Waals surface area contributed by atoms with Gasteiger partial charge in [0.2, 0.25) is 0 Å². The lowest BCUT2D eigenvalue weighted by Gasteiger charge is -2.22. The Bertz CT molecular complexity index is 490. The second-order valence-electron chi connectivity index (χ2n) is 4.02. The predicted octanol–water partition coefficient (Wildman–Crippen LogP) is 1.85. The number of carbonyl (C=O) groups excluding carboxylic acids is 1. The Morgan fingerprint density at radius 2 is 2.10 bits per heavy atom. The van der Waals surface area contributed by atoms with Crippen molar-refractivity contribution in [3.8, 4) is 0 Å². The summed E-state index contributed by atoms with van der Waals surface area (Å²) in [7, 11) is 2.83. The Labute approximate surface area is 117 Å². The highest BCUT2D eigenvalue weighted by atomic mass is 16.6. The van der Waals surface area contributed by atoms with Crippen molar-refractivity contribution >= 4 is 17.3 Å². The number of anilines is 1. The van der Waals surface area contributed by atoms with Crippen molar-refractivity contribution in [1.82, 2.24) is 0 Å². The van der Waals surface area contributed by atoms with Crippen LogP contribution in [0.1, 0.15) is 17.3 Å². The molecule has 7 heteroatoms. The molecule has 0 N–H and O–H groups in total. The molecule has 0 aliphatic carbocycles. The lowest BCUT2D eigenvalue weighted by Crippen LogP contribution is -2.27. The average Bonchev–Trinajstić information content (AvgIpc) is 2.46. The minimum atomic E-state index is -0.524. The van der Waals surface area contributed by atoms with Gasteiger partial charge < -0.3 is 14.4 Å². The summed E-state index contributed by atoms with van der Waals surface area (Å²) in [6, 6.07) is 4.18. The molecule has 0 radical (unpaired) electrons. The van der Waals surface area contributed by atoms with Crippen molar-refractivity contribution in [2.24, 2.45) is 0 Å². The number of rotatable bonds is 7. The average molecular weight is 282 g/mol. The first-order valence-corrected chi connectivity index (χ1v) is 6.15. The third-order valence-electron chi connectivity index (χ3n) is 2.88. The largest absolute Gasteiger partial charge is 0.465 e. The summed E-state index contributed by atoms with van der Waals surface area (Å²) in [5.74, 6) is -0.524. The minimum absolute atomic E-state index is 0.0457. The highest BCUT2D eigenvalue weighted by Gasteiger charge is 2.21. The molecule has 0 atom stereocenters. The van der Waals surface area contributed by atoms with Gasteiger partial charge in [-0.05, 0) is 19.1 Å². The number of hydrogen-bond donors (Lipinski definition) is 0. The fraction of sp³-hybridized carbons (Fsp3) is 0.462. The SMILES string of the molecule is CCN(CCOC)c1cc(C(=O)OC)ccc1[N+](=O)[O-]. The maximum Gasteiger partial charge on any atom is 0.337 e. The molecule has 7 nitrogen and oxygen atoms in total. The number of likely N-dealkylation sites (N-methyl/N-ethyl adjacent to an activating group) is 1. The van der Waals surface area contributed by atoms with E-state index in [1.807, 2.05) is 6.92 Å². The van der Waals surface area contributed by atoms with Gasteiger partial charge in [0.1, 0.15) is 5.69 Å². The number of nitrogens with zero attached hydrogens (tertiary/aromatic N) is 2. The molecule has 0 heterocycles. The Morgan fingerprint density at radius 3 is 2.60 bits per heavy atom. The molecule has 0 spiro atoms. The van der Waals surface area contributed by atoms with Crippen LogP contribution in [0.2, 0.25) is 0 Å². The summed E-state index contributed by atoms with van der Waals surface area (Å²) in [5, 5.41) is 11.1. The zero-order chi connectivity index (χ0) is 15.1. The van der Waals surface area contributed by atoms with Crippen LogP contribution in [0, 0.1) is 10.1 Å². The van der Waals surface area contributed by atoms with E-state index < -0.39 is 10.9 Å². The molecular formula is C13H18N2O5. The third-order valence-corrected chi connectivity index (χ3v) is 2.88. The van der Waals surface area contributed by atoms with E-state index in [4.69, 9.17) is 4.74 Å². The van der Waals surface area contributed by atoms with Gasteiger partial charge in [-0.3, -0.25) is 10.1 Å². The molecule has 0 saturated carbocycles. The first-order chi connectivity index (χ1) is 9.54. The van der Waals surface area contributed by atoms with Crippen LogP contribution in [0.5, 0.6) is 0 Å².